The van der Waals surface area contributed by atoms with Gasteiger partial charge >= 0.3 is 0 Å². The number of carbonyl (C=O) groups excluding carboxylic acids is 2. The van der Waals surface area contributed by atoms with Crippen LogP contribution in [0.1, 0.15) is 31.9 Å². The smallest absolute Gasteiger partial charge is 0.242 e. The lowest BCUT2D eigenvalue weighted by atomic mass is 10.1. The molecule has 2 aromatic rings. The summed E-state index contributed by atoms with van der Waals surface area (Å²) in [7, 11) is 0. The number of hydrogen-bond donors (Lipinski definition) is 1. The SMILES string of the molecule is CC(C)NC(=O)C(C)N(Cc1ccc(Br)cc1)C(=O)CSCc1ccc(Cl)c(Cl)c1. The first-order chi connectivity index (χ1) is 14.2. The van der Waals surface area contributed by atoms with E-state index >= 15 is 0 Å². The Morgan fingerprint density at radius 1 is 1.03 bits per heavy atom. The molecular formula is C22H25BrCl2N2O2S. The Kier molecular flexibility index (Phi) is 10.0. The number of nitrogens with one attached hydrogen (secondary N) is 1. The number of carbonyl (C=O) groups is 2. The van der Waals surface area contributed by atoms with Gasteiger partial charge in [-0.2, -0.15) is 0 Å². The van der Waals surface area contributed by atoms with Crippen molar-refractivity contribution in [3.63, 3.8) is 0 Å². The quantitative estimate of drug-likeness (QED) is 0.436. The first-order valence-corrected chi connectivity index (χ1v) is 12.2. The summed E-state index contributed by atoms with van der Waals surface area (Å²) in [6, 6.07) is 12.6. The highest BCUT2D eigenvalue weighted by Gasteiger charge is 2.26. The van der Waals surface area contributed by atoms with Crippen molar-refractivity contribution < 1.29 is 9.59 Å². The van der Waals surface area contributed by atoms with Crippen molar-refractivity contribution in [3.8, 4) is 0 Å². The van der Waals surface area contributed by atoms with E-state index in [-0.39, 0.29) is 23.6 Å². The maximum absolute atomic E-state index is 13.0. The molecule has 0 bridgehead atoms. The maximum Gasteiger partial charge on any atom is 0.242 e. The molecule has 0 aromatic heterocycles. The van der Waals surface area contributed by atoms with Crippen molar-refractivity contribution in [1.82, 2.24) is 10.2 Å². The van der Waals surface area contributed by atoms with Crippen molar-refractivity contribution >= 4 is 62.7 Å². The number of benzene rings is 2. The average molecular weight is 532 g/mol. The highest BCUT2D eigenvalue weighted by molar-refractivity contribution is 9.10. The van der Waals surface area contributed by atoms with Crippen molar-refractivity contribution in [1.29, 1.82) is 0 Å². The minimum atomic E-state index is -0.575. The van der Waals surface area contributed by atoms with Gasteiger partial charge in [-0.3, -0.25) is 9.59 Å². The monoisotopic (exact) mass is 530 g/mol. The molecule has 0 heterocycles. The number of halogens is 3. The first-order valence-electron chi connectivity index (χ1n) is 9.53. The van der Waals surface area contributed by atoms with E-state index in [0.29, 0.717) is 22.3 Å². The second-order valence-corrected chi connectivity index (χ2v) is 9.94. The van der Waals surface area contributed by atoms with Gasteiger partial charge in [0.25, 0.3) is 0 Å². The van der Waals surface area contributed by atoms with Gasteiger partial charge in [-0.05, 0) is 56.2 Å². The van der Waals surface area contributed by atoms with E-state index in [1.807, 2.05) is 44.2 Å². The molecule has 162 valence electrons. The predicted octanol–water partition coefficient (Wildman–Crippen LogP) is 5.93. The molecule has 30 heavy (non-hydrogen) atoms. The summed E-state index contributed by atoms with van der Waals surface area (Å²) in [4.78, 5) is 27.2. The topological polar surface area (TPSA) is 49.4 Å². The Balaban J connectivity index is 2.07. The zero-order valence-corrected chi connectivity index (χ0v) is 21.0. The highest BCUT2D eigenvalue weighted by atomic mass is 79.9. The van der Waals surface area contributed by atoms with Crippen molar-refractivity contribution in [2.45, 2.75) is 45.2 Å². The van der Waals surface area contributed by atoms with E-state index in [4.69, 9.17) is 23.2 Å². The molecule has 2 rings (SSSR count). The van der Waals surface area contributed by atoms with Gasteiger partial charge in [0.2, 0.25) is 11.8 Å². The number of nitrogens with zero attached hydrogens (tertiary/aromatic N) is 1. The minimum Gasteiger partial charge on any atom is -0.352 e. The van der Waals surface area contributed by atoms with Gasteiger partial charge in [0.1, 0.15) is 6.04 Å². The summed E-state index contributed by atoms with van der Waals surface area (Å²) in [6.07, 6.45) is 0. The number of thioether (sulfide) groups is 1. The summed E-state index contributed by atoms with van der Waals surface area (Å²) in [5.41, 5.74) is 1.96. The van der Waals surface area contributed by atoms with E-state index in [0.717, 1.165) is 15.6 Å². The first kappa shape index (κ1) is 25.1. The van der Waals surface area contributed by atoms with Crippen LogP contribution in [-0.4, -0.2) is 34.6 Å². The summed E-state index contributed by atoms with van der Waals surface area (Å²) >= 11 is 16.9. The lowest BCUT2D eigenvalue weighted by molar-refractivity contribution is -0.138. The minimum absolute atomic E-state index is 0.00797. The molecule has 0 aliphatic heterocycles. The molecule has 2 aromatic carbocycles. The van der Waals surface area contributed by atoms with E-state index < -0.39 is 6.04 Å². The van der Waals surface area contributed by atoms with Crippen LogP contribution in [0.5, 0.6) is 0 Å². The molecule has 0 radical (unpaired) electrons. The van der Waals surface area contributed by atoms with Crippen LogP contribution in [0.3, 0.4) is 0 Å². The van der Waals surface area contributed by atoms with Gasteiger partial charge in [-0.25, -0.2) is 0 Å². The lowest BCUT2D eigenvalue weighted by Gasteiger charge is -2.29. The van der Waals surface area contributed by atoms with E-state index in [1.165, 1.54) is 11.8 Å². The van der Waals surface area contributed by atoms with Crippen LogP contribution in [0.4, 0.5) is 0 Å². The molecule has 0 aliphatic carbocycles. The van der Waals surface area contributed by atoms with E-state index in [2.05, 4.69) is 21.2 Å². The Morgan fingerprint density at radius 3 is 2.27 bits per heavy atom. The second-order valence-electron chi connectivity index (χ2n) is 7.23. The third-order valence-corrected chi connectivity index (χ3v) is 6.60. The molecule has 8 heteroatoms. The van der Waals surface area contributed by atoms with Gasteiger partial charge < -0.3 is 10.2 Å². The van der Waals surface area contributed by atoms with Crippen LogP contribution >= 0.6 is 50.9 Å². The molecule has 4 nitrogen and oxygen atoms in total. The lowest BCUT2D eigenvalue weighted by Crippen LogP contribution is -2.49. The largest absolute Gasteiger partial charge is 0.352 e. The van der Waals surface area contributed by atoms with Crippen LogP contribution in [0, 0.1) is 0 Å². The van der Waals surface area contributed by atoms with Crippen molar-refractivity contribution in [3.05, 3.63) is 68.1 Å². The van der Waals surface area contributed by atoms with Gasteiger partial charge in [0.05, 0.1) is 15.8 Å². The molecule has 1 atom stereocenters. The van der Waals surface area contributed by atoms with E-state index in [9.17, 15) is 9.59 Å². The molecular weight excluding hydrogens is 507 g/mol. The van der Waals surface area contributed by atoms with Gasteiger partial charge in [-0.1, -0.05) is 57.3 Å². The zero-order chi connectivity index (χ0) is 22.3. The van der Waals surface area contributed by atoms with Gasteiger partial charge in [0, 0.05) is 22.8 Å². The number of amides is 2. The number of hydrogen-bond acceptors (Lipinski definition) is 3. The fourth-order valence-electron chi connectivity index (χ4n) is 2.74. The second kappa shape index (κ2) is 12.0. The normalized spacial score (nSPS) is 12.0. The fourth-order valence-corrected chi connectivity index (χ4v) is 4.19. The third kappa shape index (κ3) is 7.80. The van der Waals surface area contributed by atoms with Crippen molar-refractivity contribution in [2.75, 3.05) is 5.75 Å². The predicted molar refractivity (Wildman–Crippen MR) is 130 cm³/mol. The van der Waals surface area contributed by atoms with Gasteiger partial charge in [-0.15, -0.1) is 11.8 Å². The van der Waals surface area contributed by atoms with Crippen molar-refractivity contribution in [2.24, 2.45) is 0 Å². The molecule has 1 unspecified atom stereocenters. The van der Waals surface area contributed by atoms with Crippen LogP contribution in [0.25, 0.3) is 0 Å². The Bertz CT molecular complexity index is 878. The van der Waals surface area contributed by atoms with Crippen LogP contribution < -0.4 is 5.32 Å². The van der Waals surface area contributed by atoms with Crippen LogP contribution in [-0.2, 0) is 21.9 Å². The highest BCUT2D eigenvalue weighted by Crippen LogP contribution is 2.25. The maximum atomic E-state index is 13.0. The molecule has 0 saturated carbocycles. The Morgan fingerprint density at radius 2 is 1.67 bits per heavy atom. The third-order valence-electron chi connectivity index (χ3n) is 4.34. The Hall–Kier alpha value is -1.21. The average Bonchev–Trinajstić information content (AvgIpc) is 2.69. The summed E-state index contributed by atoms with van der Waals surface area (Å²) < 4.78 is 0.965. The molecule has 0 spiro atoms. The summed E-state index contributed by atoms with van der Waals surface area (Å²) in [6.45, 7) is 5.93. The standard InChI is InChI=1S/C22H25BrCl2N2O2S/c1-14(2)26-22(29)15(3)27(11-16-4-7-18(23)8-5-16)21(28)13-30-12-17-6-9-19(24)20(25)10-17/h4-10,14-15H,11-13H2,1-3H3,(H,26,29). The van der Waals surface area contributed by atoms with E-state index in [1.54, 1.807) is 24.0 Å². The Labute approximate surface area is 200 Å². The van der Waals surface area contributed by atoms with Gasteiger partial charge in [0.15, 0.2) is 0 Å². The number of rotatable bonds is 9. The zero-order valence-electron chi connectivity index (χ0n) is 17.1. The molecule has 2 amide bonds. The molecule has 0 saturated heterocycles. The van der Waals surface area contributed by atoms with Crippen LogP contribution in [0.15, 0.2) is 46.9 Å². The fraction of sp³-hybridized carbons (Fsp3) is 0.364. The van der Waals surface area contributed by atoms with Crippen LogP contribution in [0.2, 0.25) is 10.0 Å². The summed E-state index contributed by atoms with van der Waals surface area (Å²) in [5.74, 6) is 0.636. The molecule has 1 N–H and O–H groups in total. The molecule has 0 aliphatic rings. The molecule has 0 fully saturated rings. The summed E-state index contributed by atoms with van der Waals surface area (Å²) in [5, 5.41) is 3.90.